The molecular weight excluding hydrogens is 360 g/mol. The zero-order chi connectivity index (χ0) is 17.9. The molecule has 0 spiro atoms. The minimum atomic E-state index is -3.71. The molecule has 0 saturated heterocycles. The first kappa shape index (κ1) is 17.8. The molecule has 24 heavy (non-hydrogen) atoms. The van der Waals surface area contributed by atoms with Crippen LogP contribution in [0.2, 0.25) is 5.02 Å². The quantitative estimate of drug-likeness (QED) is 0.452. The minimum Gasteiger partial charge on any atom is -0.465 e. The van der Waals surface area contributed by atoms with E-state index in [-0.39, 0.29) is 22.0 Å². The number of hydrogen-bond acceptors (Lipinski definition) is 8. The largest absolute Gasteiger partial charge is 0.465 e. The minimum absolute atomic E-state index is 0.114. The van der Waals surface area contributed by atoms with Crippen LogP contribution in [0, 0.1) is 0 Å². The van der Waals surface area contributed by atoms with Crippen LogP contribution in [0.15, 0.2) is 35.6 Å². The summed E-state index contributed by atoms with van der Waals surface area (Å²) in [6, 6.07) is 5.55. The molecule has 1 heterocycles. The Hall–Kier alpha value is -2.52. The molecule has 2 rings (SSSR count). The van der Waals surface area contributed by atoms with Gasteiger partial charge in [-0.3, -0.25) is 0 Å². The monoisotopic (exact) mass is 370 g/mol. The fraction of sp³-hybridized carbons (Fsp3) is 0.143. The highest BCUT2D eigenvalue weighted by Gasteiger charge is 2.20. The fourth-order valence-electron chi connectivity index (χ4n) is 1.61. The summed E-state index contributed by atoms with van der Waals surface area (Å²) >= 11 is 5.81. The number of esters is 2. The summed E-state index contributed by atoms with van der Waals surface area (Å²) < 4.78 is 32.5. The molecule has 0 N–H and O–H groups in total. The third-order valence-electron chi connectivity index (χ3n) is 2.73. The molecule has 0 radical (unpaired) electrons. The zero-order valence-corrected chi connectivity index (χ0v) is 14.1. The number of carbonyl (C=O) groups is 2. The molecule has 2 aromatic rings. The van der Waals surface area contributed by atoms with E-state index < -0.39 is 26.9 Å². The van der Waals surface area contributed by atoms with E-state index in [4.69, 9.17) is 16.3 Å². The number of hydrogen-bond donors (Lipinski definition) is 0. The number of methoxy groups -OCH3 is 1. The molecule has 0 atom stereocenters. The van der Waals surface area contributed by atoms with Gasteiger partial charge in [0.05, 0.1) is 23.9 Å². The molecular formula is C14H11ClN2O6S. The summed E-state index contributed by atoms with van der Waals surface area (Å²) in [7, 11) is -2.46. The first-order valence-corrected chi connectivity index (χ1v) is 8.62. The Morgan fingerprint density at radius 3 is 2.29 bits per heavy atom. The van der Waals surface area contributed by atoms with Crippen LogP contribution in [-0.4, -0.2) is 43.7 Å². The Bertz CT molecular complexity index is 896. The van der Waals surface area contributed by atoms with E-state index in [0.717, 1.165) is 12.5 Å². The molecule has 8 nitrogen and oxygen atoms in total. The molecule has 0 aliphatic carbocycles. The van der Waals surface area contributed by atoms with Gasteiger partial charge in [-0.2, -0.15) is 0 Å². The van der Waals surface area contributed by atoms with E-state index in [0.29, 0.717) is 0 Å². The van der Waals surface area contributed by atoms with Gasteiger partial charge in [-0.15, -0.1) is 0 Å². The topological polar surface area (TPSA) is 113 Å². The first-order chi connectivity index (χ1) is 11.2. The maximum Gasteiger partial charge on any atom is 0.364 e. The number of carbonyl (C=O) groups excluding carboxylic acids is 2. The van der Waals surface area contributed by atoms with Gasteiger partial charge in [0.25, 0.3) is 0 Å². The molecule has 0 saturated carbocycles. The van der Waals surface area contributed by atoms with Crippen LogP contribution in [0.5, 0.6) is 5.75 Å². The lowest BCUT2D eigenvalue weighted by Crippen LogP contribution is -2.15. The van der Waals surface area contributed by atoms with Crippen molar-refractivity contribution in [2.75, 3.05) is 13.4 Å². The van der Waals surface area contributed by atoms with E-state index in [1.807, 2.05) is 0 Å². The van der Waals surface area contributed by atoms with Crippen molar-refractivity contribution in [3.63, 3.8) is 0 Å². The number of rotatable bonds is 4. The van der Waals surface area contributed by atoms with Crippen LogP contribution >= 0.6 is 11.6 Å². The number of sulfone groups is 1. The summed E-state index contributed by atoms with van der Waals surface area (Å²) in [5.74, 6) is -1.38. The van der Waals surface area contributed by atoms with Crippen molar-refractivity contribution in [3.05, 3.63) is 46.7 Å². The second-order valence-corrected chi connectivity index (χ2v) is 6.84. The number of benzene rings is 1. The van der Waals surface area contributed by atoms with Crippen LogP contribution in [-0.2, 0) is 14.6 Å². The lowest BCUT2D eigenvalue weighted by molar-refractivity contribution is 0.0600. The van der Waals surface area contributed by atoms with Crippen molar-refractivity contribution < 1.29 is 27.5 Å². The van der Waals surface area contributed by atoms with E-state index in [1.54, 1.807) is 0 Å². The Labute approximate surface area is 142 Å². The molecule has 0 aliphatic heterocycles. The van der Waals surface area contributed by atoms with Crippen LogP contribution in [0.1, 0.15) is 20.8 Å². The zero-order valence-electron chi connectivity index (χ0n) is 12.5. The Morgan fingerprint density at radius 2 is 1.75 bits per heavy atom. The van der Waals surface area contributed by atoms with Gasteiger partial charge in [-0.1, -0.05) is 11.6 Å². The predicted molar refractivity (Wildman–Crippen MR) is 82.9 cm³/mol. The van der Waals surface area contributed by atoms with Gasteiger partial charge in [0.15, 0.2) is 5.69 Å². The summed E-state index contributed by atoms with van der Waals surface area (Å²) in [5, 5.41) is -0.696. The van der Waals surface area contributed by atoms with Crippen LogP contribution < -0.4 is 4.74 Å². The Kier molecular flexibility index (Phi) is 5.15. The number of nitrogens with zero attached hydrogens (tertiary/aromatic N) is 2. The molecule has 0 fully saturated rings. The van der Waals surface area contributed by atoms with Gasteiger partial charge >= 0.3 is 11.9 Å². The summed E-state index contributed by atoms with van der Waals surface area (Å²) in [6.45, 7) is 0. The van der Waals surface area contributed by atoms with Crippen molar-refractivity contribution in [1.82, 2.24) is 9.97 Å². The molecule has 10 heteroatoms. The van der Waals surface area contributed by atoms with Gasteiger partial charge in [0, 0.05) is 6.26 Å². The summed E-state index contributed by atoms with van der Waals surface area (Å²) in [6.07, 6.45) is 1.90. The van der Waals surface area contributed by atoms with Gasteiger partial charge in [-0.05, 0) is 24.3 Å². The summed E-state index contributed by atoms with van der Waals surface area (Å²) in [5.41, 5.74) is -0.110. The van der Waals surface area contributed by atoms with E-state index in [1.165, 1.54) is 31.4 Å². The second kappa shape index (κ2) is 6.93. The third kappa shape index (κ3) is 4.06. The van der Waals surface area contributed by atoms with Crippen molar-refractivity contribution in [3.8, 4) is 5.75 Å². The van der Waals surface area contributed by atoms with Gasteiger partial charge < -0.3 is 9.47 Å². The standard InChI is InChI=1S/C14H11ClN2O6S/c1-22-12(18)8-3-5-9(6-4-8)23-13(19)11-10(15)7-16-14(17-11)24(2,20)21/h3-7H,1-2H3. The molecule has 126 valence electrons. The highest BCUT2D eigenvalue weighted by Crippen LogP contribution is 2.19. The maximum absolute atomic E-state index is 12.1. The van der Waals surface area contributed by atoms with E-state index in [9.17, 15) is 18.0 Å². The molecule has 1 aromatic heterocycles. The predicted octanol–water partition coefficient (Wildman–Crippen LogP) is 1.54. The van der Waals surface area contributed by atoms with Gasteiger partial charge in [-0.25, -0.2) is 28.0 Å². The van der Waals surface area contributed by atoms with E-state index in [2.05, 4.69) is 14.7 Å². The van der Waals surface area contributed by atoms with Crippen LogP contribution in [0.25, 0.3) is 0 Å². The molecule has 1 aromatic carbocycles. The van der Waals surface area contributed by atoms with Gasteiger partial charge in [0.1, 0.15) is 5.75 Å². The van der Waals surface area contributed by atoms with Crippen molar-refractivity contribution in [2.24, 2.45) is 0 Å². The average Bonchev–Trinajstić information content (AvgIpc) is 2.54. The van der Waals surface area contributed by atoms with Gasteiger partial charge in [0.2, 0.25) is 15.0 Å². The van der Waals surface area contributed by atoms with E-state index >= 15 is 0 Å². The van der Waals surface area contributed by atoms with Crippen molar-refractivity contribution >= 4 is 33.4 Å². The third-order valence-corrected chi connectivity index (χ3v) is 3.87. The number of halogens is 1. The van der Waals surface area contributed by atoms with Crippen molar-refractivity contribution in [2.45, 2.75) is 5.16 Å². The highest BCUT2D eigenvalue weighted by molar-refractivity contribution is 7.90. The fourth-order valence-corrected chi connectivity index (χ4v) is 2.27. The molecule has 0 bridgehead atoms. The molecule has 0 aliphatic rings. The lowest BCUT2D eigenvalue weighted by atomic mass is 10.2. The number of ether oxygens (including phenoxy) is 2. The lowest BCUT2D eigenvalue weighted by Gasteiger charge is -2.06. The first-order valence-electron chi connectivity index (χ1n) is 6.35. The van der Waals surface area contributed by atoms with Crippen molar-refractivity contribution in [1.29, 1.82) is 0 Å². The maximum atomic E-state index is 12.1. The average molecular weight is 371 g/mol. The smallest absolute Gasteiger partial charge is 0.364 e. The Morgan fingerprint density at radius 1 is 1.12 bits per heavy atom. The second-order valence-electron chi connectivity index (χ2n) is 4.53. The van der Waals surface area contributed by atoms with Crippen LogP contribution in [0.4, 0.5) is 0 Å². The van der Waals surface area contributed by atoms with Crippen LogP contribution in [0.3, 0.4) is 0 Å². The SMILES string of the molecule is COC(=O)c1ccc(OC(=O)c2nc(S(C)(=O)=O)ncc2Cl)cc1. The molecule has 0 amide bonds. The normalized spacial score (nSPS) is 11.0. The molecule has 0 unspecified atom stereocenters. The number of aromatic nitrogens is 2. The Balaban J connectivity index is 2.25. The summed E-state index contributed by atoms with van der Waals surface area (Å²) in [4.78, 5) is 30.6. The highest BCUT2D eigenvalue weighted by atomic mass is 35.5.